The predicted octanol–water partition coefficient (Wildman–Crippen LogP) is 7.03. The highest BCUT2D eigenvalue weighted by atomic mass is 16.2. The van der Waals surface area contributed by atoms with Crippen molar-refractivity contribution >= 4 is 11.5 Å². The molecule has 0 bridgehead atoms. The van der Waals surface area contributed by atoms with E-state index in [2.05, 4.69) is 67.0 Å². The molecule has 0 aliphatic heterocycles. The van der Waals surface area contributed by atoms with Crippen molar-refractivity contribution in [3.63, 3.8) is 0 Å². The van der Waals surface area contributed by atoms with E-state index in [1.165, 1.54) is 31.2 Å². The Kier molecular flexibility index (Phi) is 11.2. The number of terminal acetylenes is 1. The molecule has 1 amide bonds. The van der Waals surface area contributed by atoms with Crippen LogP contribution in [0.5, 0.6) is 0 Å². The third kappa shape index (κ3) is 7.21. The number of hydrogen-bond acceptors (Lipinski definition) is 3. The van der Waals surface area contributed by atoms with Gasteiger partial charge in [-0.2, -0.15) is 0 Å². The number of pyridine rings is 1. The van der Waals surface area contributed by atoms with Crippen molar-refractivity contribution in [1.82, 2.24) is 15.2 Å². The van der Waals surface area contributed by atoms with E-state index >= 15 is 0 Å². The highest BCUT2D eigenvalue weighted by molar-refractivity contribution is 5.89. The Morgan fingerprint density at radius 1 is 1.28 bits per heavy atom. The summed E-state index contributed by atoms with van der Waals surface area (Å²) < 4.78 is 0. The molecule has 1 saturated carbocycles. The van der Waals surface area contributed by atoms with Gasteiger partial charge >= 0.3 is 0 Å². The zero-order chi connectivity index (χ0) is 26.7. The summed E-state index contributed by atoms with van der Waals surface area (Å²) in [6.07, 6.45) is 18.1. The van der Waals surface area contributed by atoms with E-state index in [0.29, 0.717) is 11.7 Å². The molecule has 2 aromatic rings. The van der Waals surface area contributed by atoms with Gasteiger partial charge in [0.25, 0.3) is 0 Å². The molecule has 4 heteroatoms. The second-order valence-corrected chi connectivity index (χ2v) is 9.27. The molecule has 0 radical (unpaired) electrons. The predicted molar refractivity (Wildman–Crippen MR) is 152 cm³/mol. The molecule has 0 saturated heterocycles. The van der Waals surface area contributed by atoms with E-state index in [-0.39, 0.29) is 5.91 Å². The molecule has 1 N–H and O–H groups in total. The van der Waals surface area contributed by atoms with E-state index < -0.39 is 5.92 Å². The topological polar surface area (TPSA) is 45.2 Å². The average molecular weight is 484 g/mol. The molecule has 1 aromatic heterocycles. The van der Waals surface area contributed by atoms with Crippen LogP contribution >= 0.6 is 0 Å². The van der Waals surface area contributed by atoms with Gasteiger partial charge in [0.15, 0.2) is 0 Å². The molecule has 1 aliphatic rings. The Labute approximate surface area is 218 Å². The molecule has 1 unspecified atom stereocenters. The summed E-state index contributed by atoms with van der Waals surface area (Å²) in [5.74, 6) is 3.38. The molecular weight excluding hydrogens is 442 g/mol. The quantitative estimate of drug-likeness (QED) is 0.324. The van der Waals surface area contributed by atoms with Crippen LogP contribution in [0.25, 0.3) is 5.57 Å². The number of carbonyl (C=O) groups excluding carboxylic acids is 1. The molecule has 0 spiro atoms. The van der Waals surface area contributed by atoms with Crippen LogP contribution in [-0.4, -0.2) is 29.9 Å². The van der Waals surface area contributed by atoms with Crippen molar-refractivity contribution < 1.29 is 4.79 Å². The van der Waals surface area contributed by atoms with E-state index in [1.807, 2.05) is 26.0 Å². The van der Waals surface area contributed by atoms with Gasteiger partial charge in [-0.05, 0) is 55.4 Å². The number of nitrogens with zero attached hydrogens (tertiary/aromatic N) is 2. The van der Waals surface area contributed by atoms with Gasteiger partial charge in [-0.3, -0.25) is 9.78 Å². The van der Waals surface area contributed by atoms with Crippen LogP contribution in [0.2, 0.25) is 0 Å². The van der Waals surface area contributed by atoms with E-state index in [9.17, 15) is 4.79 Å². The lowest BCUT2D eigenvalue weighted by Gasteiger charge is -2.28. The van der Waals surface area contributed by atoms with Crippen molar-refractivity contribution in [3.05, 3.63) is 95.1 Å². The van der Waals surface area contributed by atoms with Gasteiger partial charge in [-0.1, -0.05) is 81.2 Å². The number of carbonyl (C=O) groups is 1. The number of allylic oxidation sites excluding steroid dienone is 3. The number of hydrogen-bond donors (Lipinski definition) is 1. The van der Waals surface area contributed by atoms with Crippen LogP contribution in [0.15, 0.2) is 72.9 Å². The van der Waals surface area contributed by atoms with Gasteiger partial charge in [0.2, 0.25) is 5.91 Å². The minimum absolute atomic E-state index is 0.0366. The van der Waals surface area contributed by atoms with Crippen LogP contribution in [0, 0.1) is 12.3 Å². The van der Waals surface area contributed by atoms with E-state index in [4.69, 9.17) is 6.42 Å². The summed E-state index contributed by atoms with van der Waals surface area (Å²) in [6.45, 7) is 12.2. The Morgan fingerprint density at radius 3 is 2.42 bits per heavy atom. The summed E-state index contributed by atoms with van der Waals surface area (Å²) in [4.78, 5) is 19.4. The summed E-state index contributed by atoms with van der Waals surface area (Å²) in [5, 5.41) is 2.97. The summed E-state index contributed by atoms with van der Waals surface area (Å²) in [7, 11) is 3.52. The maximum absolute atomic E-state index is 13.6. The summed E-state index contributed by atoms with van der Waals surface area (Å²) >= 11 is 0. The molecule has 1 aromatic carbocycles. The molecule has 1 heterocycles. The zero-order valence-corrected chi connectivity index (χ0v) is 22.8. The van der Waals surface area contributed by atoms with Crippen LogP contribution in [0.1, 0.15) is 87.5 Å². The first-order valence-electron chi connectivity index (χ1n) is 12.8. The largest absolute Gasteiger partial charge is 0.375 e. The number of benzene rings is 1. The Hall–Kier alpha value is -3.58. The highest BCUT2D eigenvalue weighted by Gasteiger charge is 2.28. The van der Waals surface area contributed by atoms with Gasteiger partial charge < -0.3 is 10.2 Å². The molecular formula is C32H41N3O. The second kappa shape index (κ2) is 14.1. The van der Waals surface area contributed by atoms with Gasteiger partial charge in [0.1, 0.15) is 5.82 Å². The van der Waals surface area contributed by atoms with Crippen LogP contribution in [-0.2, 0) is 4.79 Å². The third-order valence-electron chi connectivity index (χ3n) is 6.51. The minimum Gasteiger partial charge on any atom is -0.375 e. The molecule has 1 aliphatic carbocycles. The lowest BCUT2D eigenvalue weighted by atomic mass is 9.79. The fraction of sp³-hybridized carbons (Fsp3) is 0.375. The van der Waals surface area contributed by atoms with Crippen LogP contribution in [0.4, 0.5) is 0 Å². The fourth-order valence-corrected chi connectivity index (χ4v) is 4.14. The van der Waals surface area contributed by atoms with Gasteiger partial charge in [0.05, 0.1) is 5.92 Å². The Bertz CT molecular complexity index is 1130. The summed E-state index contributed by atoms with van der Waals surface area (Å²) in [5.41, 5.74) is 5.88. The molecule has 1 fully saturated rings. The maximum atomic E-state index is 13.6. The molecule has 36 heavy (non-hydrogen) atoms. The number of rotatable bonds is 8. The first-order chi connectivity index (χ1) is 17.3. The first kappa shape index (κ1) is 28.7. The molecule has 3 rings (SSSR count). The number of aromatic nitrogens is 1. The van der Waals surface area contributed by atoms with Crippen molar-refractivity contribution in [2.45, 2.75) is 65.2 Å². The number of nitrogens with one attached hydrogen (secondary N) is 1. The van der Waals surface area contributed by atoms with Crippen LogP contribution in [0.3, 0.4) is 0 Å². The van der Waals surface area contributed by atoms with E-state index in [1.54, 1.807) is 31.4 Å². The zero-order valence-electron chi connectivity index (χ0n) is 22.8. The normalized spacial score (nSPS) is 14.5. The van der Waals surface area contributed by atoms with Gasteiger partial charge in [-0.25, -0.2) is 0 Å². The lowest BCUT2D eigenvalue weighted by molar-refractivity contribution is -0.129. The smallest absolute Gasteiger partial charge is 0.239 e. The van der Waals surface area contributed by atoms with E-state index in [0.717, 1.165) is 27.8 Å². The van der Waals surface area contributed by atoms with Crippen molar-refractivity contribution in [3.8, 4) is 12.3 Å². The number of amides is 1. The van der Waals surface area contributed by atoms with Crippen molar-refractivity contribution in [2.24, 2.45) is 0 Å². The number of likely N-dealkylation sites (N-methyl/N-ethyl adjacent to an activating group) is 1. The van der Waals surface area contributed by atoms with Crippen LogP contribution < -0.4 is 5.32 Å². The average Bonchev–Trinajstić information content (AvgIpc) is 2.86. The Morgan fingerprint density at radius 2 is 1.92 bits per heavy atom. The van der Waals surface area contributed by atoms with Crippen molar-refractivity contribution in [2.75, 3.05) is 14.1 Å². The highest BCUT2D eigenvalue weighted by Crippen LogP contribution is 2.37. The first-order valence-corrected chi connectivity index (χ1v) is 12.8. The molecule has 1 atom stereocenters. The Balaban J connectivity index is 0.00000145. The standard InChI is InChI=1S/C29H33N3O.C3H8/c1-7-22-17-27(19-31-18-22)23(8-2)16-20(3)28(29(33)32(6)21(4)30-5)26-14-12-25(13-15-26)24-10-9-11-24;1-3-2/h1,8,12-19,24,28,30H,4,9-11H2,2-3,5-6H3;3H2,1-2H3/b20-16+,23-8+;. The lowest BCUT2D eigenvalue weighted by Crippen LogP contribution is -2.35. The molecule has 190 valence electrons. The minimum atomic E-state index is -0.436. The van der Waals surface area contributed by atoms with Gasteiger partial charge in [-0.15, -0.1) is 6.42 Å². The maximum Gasteiger partial charge on any atom is 0.239 e. The third-order valence-corrected chi connectivity index (χ3v) is 6.51. The van der Waals surface area contributed by atoms with Crippen molar-refractivity contribution in [1.29, 1.82) is 0 Å². The van der Waals surface area contributed by atoms with Gasteiger partial charge in [0, 0.05) is 37.6 Å². The molecule has 4 nitrogen and oxygen atoms in total. The summed E-state index contributed by atoms with van der Waals surface area (Å²) in [6, 6.07) is 10.5. The SMILES string of the molecule is C#Cc1cncc(C(=C/C)/C=C(\C)C(C(=O)N(C)C(=C)NC)c2ccc(C3CCC3)cc2)c1.CCC. The monoisotopic (exact) mass is 483 g/mol. The fourth-order valence-electron chi connectivity index (χ4n) is 4.14. The second-order valence-electron chi connectivity index (χ2n) is 9.27.